The van der Waals surface area contributed by atoms with E-state index in [1.165, 1.54) is 0 Å². The summed E-state index contributed by atoms with van der Waals surface area (Å²) in [5.74, 6) is 0. The van der Waals surface area contributed by atoms with Gasteiger partial charge >= 0.3 is 0 Å². The van der Waals surface area contributed by atoms with Crippen LogP contribution >= 0.6 is 23.2 Å². The van der Waals surface area contributed by atoms with E-state index in [0.29, 0.717) is 16.6 Å². The summed E-state index contributed by atoms with van der Waals surface area (Å²) in [6, 6.07) is 5.44. The molecule has 0 radical (unpaired) electrons. The van der Waals surface area contributed by atoms with Crippen molar-refractivity contribution in [3.63, 3.8) is 0 Å². The Bertz CT molecular complexity index is 520. The molecule has 2 rings (SSSR count). The molecule has 0 saturated carbocycles. The van der Waals surface area contributed by atoms with Gasteiger partial charge in [0.25, 0.3) is 0 Å². The number of hydrogen-bond donors (Lipinski definition) is 1. The zero-order chi connectivity index (χ0) is 12.4. The number of halogens is 2. The summed E-state index contributed by atoms with van der Waals surface area (Å²) in [5.41, 5.74) is 7.76. The molecule has 0 fully saturated rings. The largest absolute Gasteiger partial charge is 0.324 e. The van der Waals surface area contributed by atoms with Crippen LogP contribution in [-0.2, 0) is 6.54 Å². The van der Waals surface area contributed by atoms with Gasteiger partial charge in [0.15, 0.2) is 0 Å². The third-order valence-electron chi connectivity index (χ3n) is 2.53. The molecule has 0 spiro atoms. The Morgan fingerprint density at radius 3 is 2.76 bits per heavy atom. The van der Waals surface area contributed by atoms with Gasteiger partial charge in [-0.1, -0.05) is 29.3 Å². The predicted molar refractivity (Wildman–Crippen MR) is 70.4 cm³/mol. The van der Waals surface area contributed by atoms with Crippen LogP contribution < -0.4 is 5.73 Å². The Hall–Kier alpha value is -1.03. The highest BCUT2D eigenvalue weighted by Crippen LogP contribution is 2.21. The molecule has 0 bridgehead atoms. The second-order valence-corrected chi connectivity index (χ2v) is 4.84. The molecule has 0 saturated heterocycles. The zero-order valence-electron chi connectivity index (χ0n) is 9.40. The summed E-state index contributed by atoms with van der Waals surface area (Å²) in [6.07, 6.45) is 3.70. The Morgan fingerprint density at radius 1 is 1.41 bits per heavy atom. The Morgan fingerprint density at radius 2 is 2.18 bits per heavy atom. The van der Waals surface area contributed by atoms with Gasteiger partial charge in [-0.3, -0.25) is 4.68 Å². The Labute approximate surface area is 110 Å². The number of rotatable bonds is 3. The van der Waals surface area contributed by atoms with Crippen molar-refractivity contribution in [1.29, 1.82) is 0 Å². The number of hydrogen-bond acceptors (Lipinski definition) is 2. The van der Waals surface area contributed by atoms with E-state index >= 15 is 0 Å². The lowest BCUT2D eigenvalue weighted by molar-refractivity contribution is 0.684. The highest BCUT2D eigenvalue weighted by Gasteiger charge is 2.06. The van der Waals surface area contributed by atoms with Crippen molar-refractivity contribution in [3.8, 4) is 0 Å². The van der Waals surface area contributed by atoms with E-state index in [2.05, 4.69) is 5.10 Å². The SMILES string of the molecule is CC(N)c1cnn(Cc2ccc(Cl)cc2Cl)c1. The van der Waals surface area contributed by atoms with Crippen LogP contribution in [0.5, 0.6) is 0 Å². The summed E-state index contributed by atoms with van der Waals surface area (Å²) in [4.78, 5) is 0. The quantitative estimate of drug-likeness (QED) is 0.930. The molecule has 2 N–H and O–H groups in total. The van der Waals surface area contributed by atoms with E-state index in [4.69, 9.17) is 28.9 Å². The minimum absolute atomic E-state index is 0.00978. The number of benzene rings is 1. The van der Waals surface area contributed by atoms with Crippen LogP contribution in [0.15, 0.2) is 30.6 Å². The molecule has 0 amide bonds. The van der Waals surface area contributed by atoms with Gasteiger partial charge in [0, 0.05) is 27.8 Å². The number of nitrogens with zero attached hydrogens (tertiary/aromatic N) is 2. The molecule has 1 atom stereocenters. The Kier molecular flexibility index (Phi) is 3.72. The van der Waals surface area contributed by atoms with Crippen LogP contribution in [0.1, 0.15) is 24.1 Å². The van der Waals surface area contributed by atoms with E-state index in [1.807, 2.05) is 29.9 Å². The molecular weight excluding hydrogens is 257 g/mol. The summed E-state index contributed by atoms with van der Waals surface area (Å²) < 4.78 is 1.81. The van der Waals surface area contributed by atoms with Gasteiger partial charge in [0.1, 0.15) is 0 Å². The molecule has 5 heteroatoms. The second-order valence-electron chi connectivity index (χ2n) is 4.00. The van der Waals surface area contributed by atoms with Crippen LogP contribution in [0.4, 0.5) is 0 Å². The summed E-state index contributed by atoms with van der Waals surface area (Å²) in [7, 11) is 0. The molecule has 17 heavy (non-hydrogen) atoms. The molecule has 3 nitrogen and oxygen atoms in total. The standard InChI is InChI=1S/C12H13Cl2N3/c1-8(15)10-5-16-17(7-10)6-9-2-3-11(13)4-12(9)14/h2-5,7-8H,6,15H2,1H3. The van der Waals surface area contributed by atoms with Gasteiger partial charge in [0.05, 0.1) is 12.7 Å². The van der Waals surface area contributed by atoms with Crippen LogP contribution in [0, 0.1) is 0 Å². The molecule has 1 unspecified atom stereocenters. The first-order chi connectivity index (χ1) is 8.06. The smallest absolute Gasteiger partial charge is 0.0674 e. The summed E-state index contributed by atoms with van der Waals surface area (Å²) in [5, 5.41) is 5.52. The fourth-order valence-electron chi connectivity index (χ4n) is 1.53. The third kappa shape index (κ3) is 3.00. The average molecular weight is 270 g/mol. The van der Waals surface area contributed by atoms with E-state index < -0.39 is 0 Å². The first kappa shape index (κ1) is 12.4. The molecule has 1 aromatic carbocycles. The topological polar surface area (TPSA) is 43.8 Å². The molecular formula is C12H13Cl2N3. The normalized spacial score (nSPS) is 12.7. The molecule has 0 aliphatic heterocycles. The van der Waals surface area contributed by atoms with Crippen molar-refractivity contribution in [1.82, 2.24) is 9.78 Å². The summed E-state index contributed by atoms with van der Waals surface area (Å²) >= 11 is 11.9. The molecule has 1 heterocycles. The van der Waals surface area contributed by atoms with Gasteiger partial charge in [-0.2, -0.15) is 5.10 Å². The van der Waals surface area contributed by atoms with Crippen LogP contribution in [0.2, 0.25) is 10.0 Å². The fraction of sp³-hybridized carbons (Fsp3) is 0.250. The van der Waals surface area contributed by atoms with Crippen LogP contribution in [-0.4, -0.2) is 9.78 Å². The lowest BCUT2D eigenvalue weighted by Crippen LogP contribution is -2.04. The fourth-order valence-corrected chi connectivity index (χ4v) is 1.99. The monoisotopic (exact) mass is 269 g/mol. The second kappa shape index (κ2) is 5.08. The van der Waals surface area contributed by atoms with Crippen molar-refractivity contribution >= 4 is 23.2 Å². The van der Waals surface area contributed by atoms with Gasteiger partial charge < -0.3 is 5.73 Å². The maximum absolute atomic E-state index is 6.10. The first-order valence-corrected chi connectivity index (χ1v) is 6.03. The highest BCUT2D eigenvalue weighted by molar-refractivity contribution is 6.35. The molecule has 2 aromatic rings. The highest BCUT2D eigenvalue weighted by atomic mass is 35.5. The van der Waals surface area contributed by atoms with Crippen molar-refractivity contribution in [2.45, 2.75) is 19.5 Å². The molecule has 90 valence electrons. The van der Waals surface area contributed by atoms with Crippen LogP contribution in [0.3, 0.4) is 0 Å². The molecule has 0 aliphatic rings. The van der Waals surface area contributed by atoms with Crippen molar-refractivity contribution in [3.05, 3.63) is 51.8 Å². The van der Waals surface area contributed by atoms with E-state index in [1.54, 1.807) is 12.3 Å². The predicted octanol–water partition coefficient (Wildman–Crippen LogP) is 3.26. The van der Waals surface area contributed by atoms with Gasteiger partial charge in [-0.15, -0.1) is 0 Å². The minimum atomic E-state index is -0.00978. The van der Waals surface area contributed by atoms with Gasteiger partial charge in [0.2, 0.25) is 0 Å². The van der Waals surface area contributed by atoms with Crippen molar-refractivity contribution < 1.29 is 0 Å². The van der Waals surface area contributed by atoms with E-state index in [-0.39, 0.29) is 6.04 Å². The van der Waals surface area contributed by atoms with E-state index in [9.17, 15) is 0 Å². The lowest BCUT2D eigenvalue weighted by Gasteiger charge is -2.05. The average Bonchev–Trinajstić information content (AvgIpc) is 2.71. The number of nitrogens with two attached hydrogens (primary N) is 1. The van der Waals surface area contributed by atoms with Gasteiger partial charge in [-0.05, 0) is 24.6 Å². The minimum Gasteiger partial charge on any atom is -0.324 e. The first-order valence-electron chi connectivity index (χ1n) is 5.28. The molecule has 1 aromatic heterocycles. The lowest BCUT2D eigenvalue weighted by atomic mass is 10.2. The zero-order valence-corrected chi connectivity index (χ0v) is 10.9. The van der Waals surface area contributed by atoms with Crippen molar-refractivity contribution in [2.75, 3.05) is 0 Å². The van der Waals surface area contributed by atoms with Crippen LogP contribution in [0.25, 0.3) is 0 Å². The Balaban J connectivity index is 2.19. The third-order valence-corrected chi connectivity index (χ3v) is 3.11. The maximum Gasteiger partial charge on any atom is 0.0674 e. The molecule has 0 aliphatic carbocycles. The van der Waals surface area contributed by atoms with Gasteiger partial charge in [-0.25, -0.2) is 0 Å². The van der Waals surface area contributed by atoms with Crippen molar-refractivity contribution in [2.24, 2.45) is 5.73 Å². The maximum atomic E-state index is 6.10. The summed E-state index contributed by atoms with van der Waals surface area (Å²) in [6.45, 7) is 2.54. The number of aromatic nitrogens is 2. The van der Waals surface area contributed by atoms with E-state index in [0.717, 1.165) is 11.1 Å².